The lowest BCUT2D eigenvalue weighted by molar-refractivity contribution is 1.14. The summed E-state index contributed by atoms with van der Waals surface area (Å²) in [6.07, 6.45) is 3.56. The molecule has 0 spiro atoms. The van der Waals surface area contributed by atoms with Crippen molar-refractivity contribution in [2.24, 2.45) is 0 Å². The Morgan fingerprint density at radius 3 is 2.80 bits per heavy atom. The molecule has 0 amide bonds. The van der Waals surface area contributed by atoms with Crippen LogP contribution < -0.4 is 11.1 Å². The van der Waals surface area contributed by atoms with E-state index in [0.29, 0.717) is 12.4 Å². The summed E-state index contributed by atoms with van der Waals surface area (Å²) in [5, 5.41) is 7.35. The molecule has 0 aliphatic heterocycles. The van der Waals surface area contributed by atoms with Crippen molar-refractivity contribution in [2.75, 3.05) is 11.1 Å². The van der Waals surface area contributed by atoms with Crippen LogP contribution in [-0.2, 0) is 6.54 Å². The lowest BCUT2D eigenvalue weighted by atomic mass is 10.2. The number of nitrogens with two attached hydrogens (primary N) is 1. The number of aryl methyl sites for hydroxylation is 1. The summed E-state index contributed by atoms with van der Waals surface area (Å²) in [4.78, 5) is 8.49. The maximum atomic E-state index is 5.97. The van der Waals surface area contributed by atoms with Gasteiger partial charge in [-0.3, -0.25) is 4.98 Å². The second-order valence-corrected chi connectivity index (χ2v) is 6.07. The standard InChI is InChI=1S/C13H13N5S2/c1-8-17-10(7-19-8)11-12(14)18-20-13(11)16-6-9-2-4-15-5-3-9/h2-5,7,16H,6H2,1H3,(H2,14,18). The van der Waals surface area contributed by atoms with E-state index in [1.54, 1.807) is 23.7 Å². The van der Waals surface area contributed by atoms with Gasteiger partial charge in [-0.2, -0.15) is 4.37 Å². The quantitative estimate of drug-likeness (QED) is 0.774. The largest absolute Gasteiger partial charge is 0.382 e. The second-order valence-electron chi connectivity index (χ2n) is 4.23. The van der Waals surface area contributed by atoms with E-state index in [2.05, 4.69) is 19.7 Å². The van der Waals surface area contributed by atoms with Crippen molar-refractivity contribution in [2.45, 2.75) is 13.5 Å². The van der Waals surface area contributed by atoms with Crippen LogP contribution in [0.4, 0.5) is 10.8 Å². The van der Waals surface area contributed by atoms with Gasteiger partial charge in [-0.25, -0.2) is 4.98 Å². The molecule has 0 aromatic carbocycles. The van der Waals surface area contributed by atoms with Gasteiger partial charge in [-0.05, 0) is 36.2 Å². The van der Waals surface area contributed by atoms with Crippen LogP contribution in [0.1, 0.15) is 10.6 Å². The molecule has 3 N–H and O–H groups in total. The monoisotopic (exact) mass is 303 g/mol. The van der Waals surface area contributed by atoms with E-state index in [0.717, 1.165) is 26.8 Å². The van der Waals surface area contributed by atoms with Crippen LogP contribution in [0.5, 0.6) is 0 Å². The van der Waals surface area contributed by atoms with Gasteiger partial charge in [-0.15, -0.1) is 11.3 Å². The summed E-state index contributed by atoms with van der Waals surface area (Å²) in [6, 6.07) is 3.95. The Balaban J connectivity index is 1.84. The number of nitrogens with one attached hydrogen (secondary N) is 1. The molecule has 3 rings (SSSR count). The number of nitrogens with zero attached hydrogens (tertiary/aromatic N) is 3. The predicted molar refractivity (Wildman–Crippen MR) is 83.9 cm³/mol. The summed E-state index contributed by atoms with van der Waals surface area (Å²) in [7, 11) is 0. The highest BCUT2D eigenvalue weighted by atomic mass is 32.1. The molecule has 0 fully saturated rings. The Hall–Kier alpha value is -1.99. The van der Waals surface area contributed by atoms with Gasteiger partial charge in [-0.1, -0.05) is 0 Å². The van der Waals surface area contributed by atoms with Gasteiger partial charge >= 0.3 is 0 Å². The van der Waals surface area contributed by atoms with Crippen LogP contribution >= 0.6 is 22.9 Å². The molecule has 7 heteroatoms. The summed E-state index contributed by atoms with van der Waals surface area (Å²) in [6.45, 7) is 2.69. The van der Waals surface area contributed by atoms with E-state index >= 15 is 0 Å². The lowest BCUT2D eigenvalue weighted by Gasteiger charge is -2.05. The van der Waals surface area contributed by atoms with Crippen molar-refractivity contribution < 1.29 is 0 Å². The van der Waals surface area contributed by atoms with Crippen LogP contribution in [-0.4, -0.2) is 14.3 Å². The summed E-state index contributed by atoms with van der Waals surface area (Å²) >= 11 is 2.97. The van der Waals surface area contributed by atoms with Crippen LogP contribution in [0.25, 0.3) is 11.3 Å². The van der Waals surface area contributed by atoms with Crippen molar-refractivity contribution in [3.05, 3.63) is 40.5 Å². The molecule has 20 heavy (non-hydrogen) atoms. The van der Waals surface area contributed by atoms with Crippen molar-refractivity contribution in [3.63, 3.8) is 0 Å². The van der Waals surface area contributed by atoms with Gasteiger partial charge in [0.05, 0.1) is 16.3 Å². The van der Waals surface area contributed by atoms with Crippen molar-refractivity contribution in [3.8, 4) is 11.3 Å². The van der Waals surface area contributed by atoms with Gasteiger partial charge in [0, 0.05) is 24.3 Å². The Morgan fingerprint density at radius 1 is 1.30 bits per heavy atom. The Morgan fingerprint density at radius 2 is 2.10 bits per heavy atom. The smallest absolute Gasteiger partial charge is 0.148 e. The molecule has 0 saturated carbocycles. The molecule has 5 nitrogen and oxygen atoms in total. The highest BCUT2D eigenvalue weighted by Crippen LogP contribution is 2.37. The second kappa shape index (κ2) is 5.56. The number of thiazole rings is 1. The fraction of sp³-hybridized carbons (Fsp3) is 0.154. The third-order valence-corrected chi connectivity index (χ3v) is 4.39. The van der Waals surface area contributed by atoms with Crippen LogP contribution in [0.3, 0.4) is 0 Å². The highest BCUT2D eigenvalue weighted by molar-refractivity contribution is 7.11. The molecule has 0 unspecified atom stereocenters. The Kier molecular flexibility index (Phi) is 3.62. The van der Waals surface area contributed by atoms with Gasteiger partial charge in [0.1, 0.15) is 10.8 Å². The summed E-state index contributed by atoms with van der Waals surface area (Å²) in [5.74, 6) is 0.525. The maximum absolute atomic E-state index is 5.97. The van der Waals surface area contributed by atoms with Gasteiger partial charge in [0.15, 0.2) is 0 Å². The third kappa shape index (κ3) is 2.63. The van der Waals surface area contributed by atoms with Gasteiger partial charge in [0.25, 0.3) is 0 Å². The van der Waals surface area contributed by atoms with Crippen LogP contribution in [0.15, 0.2) is 29.9 Å². The number of aromatic nitrogens is 3. The molecule has 0 saturated heterocycles. The van der Waals surface area contributed by atoms with E-state index < -0.39 is 0 Å². The first-order valence-electron chi connectivity index (χ1n) is 6.04. The molecule has 3 aromatic rings. The normalized spacial score (nSPS) is 10.7. The molecular weight excluding hydrogens is 290 g/mol. The average Bonchev–Trinajstić information content (AvgIpc) is 3.03. The topological polar surface area (TPSA) is 76.7 Å². The molecule has 0 aliphatic carbocycles. The van der Waals surface area contributed by atoms with Gasteiger partial charge in [0.2, 0.25) is 0 Å². The number of hydrogen-bond donors (Lipinski definition) is 2. The van der Waals surface area contributed by atoms with Crippen LogP contribution in [0, 0.1) is 6.92 Å². The minimum Gasteiger partial charge on any atom is -0.382 e. The highest BCUT2D eigenvalue weighted by Gasteiger charge is 2.15. The fourth-order valence-corrected chi connectivity index (χ4v) is 3.15. The fourth-order valence-electron chi connectivity index (χ4n) is 1.83. The molecular formula is C13H13N5S2. The molecule has 0 atom stereocenters. The zero-order valence-electron chi connectivity index (χ0n) is 10.8. The van der Waals surface area contributed by atoms with E-state index in [9.17, 15) is 0 Å². The first-order valence-corrected chi connectivity index (χ1v) is 7.70. The van der Waals surface area contributed by atoms with E-state index in [1.807, 2.05) is 24.4 Å². The van der Waals surface area contributed by atoms with E-state index in [4.69, 9.17) is 5.73 Å². The molecule has 3 aromatic heterocycles. The molecule has 3 heterocycles. The first-order chi connectivity index (χ1) is 9.74. The number of hydrogen-bond acceptors (Lipinski definition) is 7. The first kappa shape index (κ1) is 13.0. The van der Waals surface area contributed by atoms with Crippen LogP contribution in [0.2, 0.25) is 0 Å². The minimum absolute atomic E-state index is 0.525. The number of nitrogen functional groups attached to an aromatic ring is 1. The Labute approximate surface area is 124 Å². The van der Waals surface area contributed by atoms with Crippen molar-refractivity contribution >= 4 is 33.7 Å². The SMILES string of the molecule is Cc1nc(-c2c(N)nsc2NCc2ccncc2)cs1. The van der Waals surface area contributed by atoms with E-state index in [-0.39, 0.29) is 0 Å². The summed E-state index contributed by atoms with van der Waals surface area (Å²) < 4.78 is 4.22. The van der Waals surface area contributed by atoms with E-state index in [1.165, 1.54) is 11.5 Å². The van der Waals surface area contributed by atoms with Gasteiger partial charge < -0.3 is 11.1 Å². The molecule has 0 aliphatic rings. The maximum Gasteiger partial charge on any atom is 0.148 e. The molecule has 0 radical (unpaired) electrons. The Bertz CT molecular complexity index is 705. The number of anilines is 2. The average molecular weight is 303 g/mol. The summed E-state index contributed by atoms with van der Waals surface area (Å²) in [5.41, 5.74) is 8.91. The zero-order valence-corrected chi connectivity index (χ0v) is 12.5. The number of pyridine rings is 1. The predicted octanol–water partition coefficient (Wildman–Crippen LogP) is 3.16. The number of rotatable bonds is 4. The van der Waals surface area contributed by atoms with Crippen molar-refractivity contribution in [1.82, 2.24) is 14.3 Å². The third-order valence-electron chi connectivity index (χ3n) is 2.80. The zero-order chi connectivity index (χ0) is 13.9. The lowest BCUT2D eigenvalue weighted by Crippen LogP contribution is -1.99. The molecule has 0 bridgehead atoms. The molecule has 102 valence electrons. The van der Waals surface area contributed by atoms with Crippen molar-refractivity contribution in [1.29, 1.82) is 0 Å². The minimum atomic E-state index is 0.525.